The van der Waals surface area contributed by atoms with Crippen molar-refractivity contribution in [3.63, 3.8) is 0 Å². The Kier molecular flexibility index (Phi) is 3.43. The first-order valence-electron chi connectivity index (χ1n) is 5.99. The molecule has 0 spiro atoms. The Balaban J connectivity index is 2.32. The Bertz CT molecular complexity index is 496. The van der Waals surface area contributed by atoms with Gasteiger partial charge in [0.2, 0.25) is 0 Å². The first kappa shape index (κ1) is 11.6. The van der Waals surface area contributed by atoms with Crippen molar-refractivity contribution in [2.45, 2.75) is 26.2 Å². The number of carbonyl (C=O) groups is 1. The van der Waals surface area contributed by atoms with Crippen LogP contribution in [-0.4, -0.2) is 10.9 Å². The molecule has 1 aromatic carbocycles. The summed E-state index contributed by atoms with van der Waals surface area (Å²) in [5.41, 5.74) is 3.06. The normalized spacial score (nSPS) is 12.4. The number of rotatable bonds is 4. The van der Waals surface area contributed by atoms with Crippen LogP contribution in [-0.2, 0) is 0 Å². The lowest BCUT2D eigenvalue weighted by atomic mass is 9.98. The highest BCUT2D eigenvalue weighted by atomic mass is 16.1. The lowest BCUT2D eigenvalue weighted by Crippen LogP contribution is -1.98. The smallest absolute Gasteiger partial charge is 0.166 e. The van der Waals surface area contributed by atoms with Gasteiger partial charge in [0.1, 0.15) is 0 Å². The van der Waals surface area contributed by atoms with Crippen molar-refractivity contribution in [1.29, 1.82) is 0 Å². The summed E-state index contributed by atoms with van der Waals surface area (Å²) in [5, 5.41) is 0. The molecule has 0 bridgehead atoms. The number of hydrogen-bond acceptors (Lipinski definition) is 1. The maximum absolute atomic E-state index is 10.9. The molecule has 0 saturated heterocycles. The molecule has 0 aliphatic rings. The predicted molar refractivity (Wildman–Crippen MR) is 69.9 cm³/mol. The summed E-state index contributed by atoms with van der Waals surface area (Å²) < 4.78 is 1.90. The van der Waals surface area contributed by atoms with E-state index in [1.807, 2.05) is 22.9 Å². The molecule has 2 aromatic rings. The van der Waals surface area contributed by atoms with E-state index in [1.54, 1.807) is 0 Å². The van der Waals surface area contributed by atoms with Gasteiger partial charge in [0.15, 0.2) is 6.29 Å². The van der Waals surface area contributed by atoms with Crippen LogP contribution in [0.2, 0.25) is 0 Å². The highest BCUT2D eigenvalue weighted by Crippen LogP contribution is 2.20. The average molecular weight is 227 g/mol. The largest absolute Gasteiger partial charge is 0.314 e. The Hall–Kier alpha value is -1.83. The molecular weight excluding hydrogens is 210 g/mol. The van der Waals surface area contributed by atoms with E-state index in [2.05, 4.69) is 38.1 Å². The quantitative estimate of drug-likeness (QED) is 0.728. The minimum atomic E-state index is 0.583. The maximum atomic E-state index is 10.9. The second kappa shape index (κ2) is 5.00. The van der Waals surface area contributed by atoms with Crippen LogP contribution >= 0.6 is 0 Å². The molecule has 88 valence electrons. The summed E-state index contributed by atoms with van der Waals surface area (Å²) in [7, 11) is 0. The number of benzene rings is 1. The van der Waals surface area contributed by atoms with Gasteiger partial charge >= 0.3 is 0 Å². The molecule has 2 nitrogen and oxygen atoms in total. The van der Waals surface area contributed by atoms with Crippen LogP contribution in [0.1, 0.15) is 42.2 Å². The summed E-state index contributed by atoms with van der Waals surface area (Å²) >= 11 is 0. The first-order chi connectivity index (χ1) is 8.26. The molecule has 0 aliphatic carbocycles. The van der Waals surface area contributed by atoms with E-state index in [1.165, 1.54) is 5.56 Å². The predicted octanol–water partition coefficient (Wildman–Crippen LogP) is 3.80. The van der Waals surface area contributed by atoms with E-state index in [9.17, 15) is 4.79 Å². The zero-order chi connectivity index (χ0) is 12.3. The molecule has 2 rings (SSSR count). The van der Waals surface area contributed by atoms with Crippen molar-refractivity contribution >= 4 is 6.29 Å². The minimum Gasteiger partial charge on any atom is -0.314 e. The van der Waals surface area contributed by atoms with Crippen LogP contribution < -0.4 is 0 Å². The Labute approximate surface area is 102 Å². The molecule has 17 heavy (non-hydrogen) atoms. The fourth-order valence-corrected chi connectivity index (χ4v) is 1.92. The highest BCUT2D eigenvalue weighted by Gasteiger charge is 2.05. The van der Waals surface area contributed by atoms with Crippen molar-refractivity contribution in [1.82, 2.24) is 4.57 Å². The van der Waals surface area contributed by atoms with Crippen LogP contribution in [0.25, 0.3) is 5.69 Å². The number of aromatic nitrogens is 1. The molecule has 1 atom stereocenters. The van der Waals surface area contributed by atoms with E-state index >= 15 is 0 Å². The minimum absolute atomic E-state index is 0.583. The van der Waals surface area contributed by atoms with Crippen LogP contribution in [0, 0.1) is 0 Å². The van der Waals surface area contributed by atoms with E-state index in [0.29, 0.717) is 11.6 Å². The van der Waals surface area contributed by atoms with E-state index in [-0.39, 0.29) is 0 Å². The number of nitrogens with zero attached hydrogens (tertiary/aromatic N) is 1. The fraction of sp³-hybridized carbons (Fsp3) is 0.267. The number of aldehydes is 1. The topological polar surface area (TPSA) is 22.0 Å². The van der Waals surface area contributed by atoms with Crippen molar-refractivity contribution < 1.29 is 4.79 Å². The van der Waals surface area contributed by atoms with Crippen LogP contribution in [0.15, 0.2) is 42.6 Å². The molecule has 1 heterocycles. The summed E-state index contributed by atoms with van der Waals surface area (Å²) in [4.78, 5) is 10.9. The van der Waals surface area contributed by atoms with Crippen molar-refractivity contribution in [2.24, 2.45) is 0 Å². The Morgan fingerprint density at radius 2 is 1.94 bits per heavy atom. The van der Waals surface area contributed by atoms with Gasteiger partial charge in [-0.05, 0) is 42.2 Å². The van der Waals surface area contributed by atoms with Crippen molar-refractivity contribution in [2.75, 3.05) is 0 Å². The van der Waals surface area contributed by atoms with Gasteiger partial charge in [-0.1, -0.05) is 26.0 Å². The molecule has 0 unspecified atom stereocenters. The third-order valence-corrected chi connectivity index (χ3v) is 3.25. The molecule has 0 amide bonds. The van der Waals surface area contributed by atoms with E-state index in [4.69, 9.17) is 0 Å². The number of hydrogen-bond donors (Lipinski definition) is 0. The van der Waals surface area contributed by atoms with Crippen molar-refractivity contribution in [3.05, 3.63) is 53.9 Å². The zero-order valence-corrected chi connectivity index (χ0v) is 10.3. The Morgan fingerprint density at radius 1 is 1.24 bits per heavy atom. The van der Waals surface area contributed by atoms with Gasteiger partial charge in [-0.2, -0.15) is 0 Å². The summed E-state index contributed by atoms with van der Waals surface area (Å²) in [6.07, 6.45) is 3.92. The molecule has 0 aliphatic heterocycles. The average Bonchev–Trinajstić information content (AvgIpc) is 2.86. The number of carbonyl (C=O) groups excluding carboxylic acids is 1. The highest BCUT2D eigenvalue weighted by molar-refractivity contribution is 5.73. The van der Waals surface area contributed by atoms with Crippen LogP contribution in [0.4, 0.5) is 0 Å². The monoisotopic (exact) mass is 227 g/mol. The second-order valence-corrected chi connectivity index (χ2v) is 4.32. The van der Waals surface area contributed by atoms with E-state index < -0.39 is 0 Å². The van der Waals surface area contributed by atoms with Gasteiger partial charge in [0.25, 0.3) is 0 Å². The molecule has 1 aromatic heterocycles. The van der Waals surface area contributed by atoms with Gasteiger partial charge in [-0.25, -0.2) is 0 Å². The summed E-state index contributed by atoms with van der Waals surface area (Å²) in [5.74, 6) is 0.583. The lowest BCUT2D eigenvalue weighted by molar-refractivity contribution is 0.111. The standard InChI is InChI=1S/C15H17NO/c1-3-12(2)13-6-8-14(9-7-13)16-10-4-5-15(16)11-17/h4-12H,3H2,1-2H3/t12-/m0/s1. The third kappa shape index (κ3) is 2.31. The fourth-order valence-electron chi connectivity index (χ4n) is 1.92. The van der Waals surface area contributed by atoms with E-state index in [0.717, 1.165) is 18.4 Å². The van der Waals surface area contributed by atoms with Gasteiger partial charge < -0.3 is 4.57 Å². The molecule has 0 N–H and O–H groups in total. The molecule has 0 radical (unpaired) electrons. The summed E-state index contributed by atoms with van der Waals surface area (Å²) in [6, 6.07) is 12.1. The zero-order valence-electron chi connectivity index (χ0n) is 10.3. The molecular formula is C15H17NO. The van der Waals surface area contributed by atoms with Gasteiger partial charge in [-0.3, -0.25) is 4.79 Å². The third-order valence-electron chi connectivity index (χ3n) is 3.25. The van der Waals surface area contributed by atoms with Gasteiger partial charge in [0.05, 0.1) is 5.69 Å². The summed E-state index contributed by atoms with van der Waals surface area (Å²) in [6.45, 7) is 4.41. The van der Waals surface area contributed by atoms with Gasteiger partial charge in [-0.15, -0.1) is 0 Å². The van der Waals surface area contributed by atoms with Crippen LogP contribution in [0.5, 0.6) is 0 Å². The SMILES string of the molecule is CC[C@H](C)c1ccc(-n2cccc2C=O)cc1. The van der Waals surface area contributed by atoms with Crippen LogP contribution in [0.3, 0.4) is 0 Å². The Morgan fingerprint density at radius 3 is 2.53 bits per heavy atom. The molecule has 0 saturated carbocycles. The second-order valence-electron chi connectivity index (χ2n) is 4.32. The maximum Gasteiger partial charge on any atom is 0.166 e. The first-order valence-corrected chi connectivity index (χ1v) is 5.99. The molecule has 2 heteroatoms. The van der Waals surface area contributed by atoms with Crippen molar-refractivity contribution in [3.8, 4) is 5.69 Å². The molecule has 0 fully saturated rings. The lowest BCUT2D eigenvalue weighted by Gasteiger charge is -2.11. The van der Waals surface area contributed by atoms with Gasteiger partial charge in [0, 0.05) is 11.9 Å².